The van der Waals surface area contributed by atoms with Gasteiger partial charge in [-0.05, 0) is 38.1 Å². The van der Waals surface area contributed by atoms with Crippen molar-refractivity contribution in [1.29, 1.82) is 0 Å². The van der Waals surface area contributed by atoms with E-state index in [4.69, 9.17) is 9.47 Å². The molecule has 1 aromatic rings. The van der Waals surface area contributed by atoms with Gasteiger partial charge < -0.3 is 14.6 Å². The van der Waals surface area contributed by atoms with E-state index in [0.29, 0.717) is 6.42 Å². The quantitative estimate of drug-likeness (QED) is 0.857. The summed E-state index contributed by atoms with van der Waals surface area (Å²) in [5, 5.41) is 9.38. The minimum absolute atomic E-state index is 0.256. The molecular formula is C14H21NO3. The lowest BCUT2D eigenvalue weighted by Gasteiger charge is -2.36. The van der Waals surface area contributed by atoms with Gasteiger partial charge in [0.25, 0.3) is 0 Å². The lowest BCUT2D eigenvalue weighted by atomic mass is 10.1. The van der Waals surface area contributed by atoms with Crippen molar-refractivity contribution in [3.63, 3.8) is 0 Å². The molecule has 1 heterocycles. The number of likely N-dealkylation sites (N-methyl/N-ethyl adjacent to an activating group) is 1. The number of aliphatic hydroxyl groups is 1. The second kappa shape index (κ2) is 5.59. The van der Waals surface area contributed by atoms with E-state index < -0.39 is 0 Å². The number of methoxy groups -OCH3 is 1. The van der Waals surface area contributed by atoms with E-state index in [1.165, 1.54) is 0 Å². The van der Waals surface area contributed by atoms with Crippen molar-refractivity contribution in [3.05, 3.63) is 23.8 Å². The molecule has 2 rings (SSSR count). The van der Waals surface area contributed by atoms with E-state index in [1.54, 1.807) is 14.0 Å². The Morgan fingerprint density at radius 3 is 2.67 bits per heavy atom. The van der Waals surface area contributed by atoms with Gasteiger partial charge in [0.05, 0.1) is 13.2 Å². The van der Waals surface area contributed by atoms with Crippen LogP contribution in [0.5, 0.6) is 11.5 Å². The lowest BCUT2D eigenvalue weighted by molar-refractivity contribution is 0.0369. The molecule has 0 aliphatic carbocycles. The summed E-state index contributed by atoms with van der Waals surface area (Å²) in [6, 6.07) is 5.84. The van der Waals surface area contributed by atoms with Crippen LogP contribution in [-0.2, 0) is 6.42 Å². The van der Waals surface area contributed by atoms with E-state index in [0.717, 1.165) is 30.2 Å². The summed E-state index contributed by atoms with van der Waals surface area (Å²) in [5.74, 6) is 1.52. The first kappa shape index (κ1) is 13.2. The fraction of sp³-hybridized carbons (Fsp3) is 0.571. The van der Waals surface area contributed by atoms with Gasteiger partial charge in [-0.3, -0.25) is 4.90 Å². The molecule has 1 aliphatic heterocycles. The maximum atomic E-state index is 9.38. The molecule has 1 aliphatic rings. The molecule has 100 valence electrons. The van der Waals surface area contributed by atoms with Crippen LogP contribution in [0.2, 0.25) is 0 Å². The van der Waals surface area contributed by atoms with Crippen LogP contribution in [0.25, 0.3) is 0 Å². The topological polar surface area (TPSA) is 41.9 Å². The molecule has 0 spiro atoms. The second-order valence-electron chi connectivity index (χ2n) is 5.00. The van der Waals surface area contributed by atoms with Crippen LogP contribution in [-0.4, -0.2) is 49.5 Å². The van der Waals surface area contributed by atoms with Crippen LogP contribution >= 0.6 is 0 Å². The van der Waals surface area contributed by atoms with Crippen LogP contribution in [0.15, 0.2) is 18.2 Å². The summed E-state index contributed by atoms with van der Waals surface area (Å²) in [7, 11) is 3.71. The van der Waals surface area contributed by atoms with Crippen LogP contribution in [0.4, 0.5) is 0 Å². The van der Waals surface area contributed by atoms with E-state index in [1.807, 2.05) is 18.2 Å². The largest absolute Gasteiger partial charge is 0.493 e. The van der Waals surface area contributed by atoms with Gasteiger partial charge in [-0.2, -0.15) is 0 Å². The second-order valence-corrected chi connectivity index (χ2v) is 5.00. The third-order valence-corrected chi connectivity index (χ3v) is 3.08. The normalized spacial score (nSPS) is 18.2. The number of ether oxygens (including phenoxy) is 2. The van der Waals surface area contributed by atoms with Crippen molar-refractivity contribution in [1.82, 2.24) is 4.90 Å². The Morgan fingerprint density at radius 1 is 1.39 bits per heavy atom. The number of likely N-dealkylation sites (tertiary alicyclic amines) is 1. The van der Waals surface area contributed by atoms with Gasteiger partial charge in [-0.25, -0.2) is 0 Å². The summed E-state index contributed by atoms with van der Waals surface area (Å²) >= 11 is 0. The van der Waals surface area contributed by atoms with E-state index in [9.17, 15) is 5.11 Å². The third kappa shape index (κ3) is 3.15. The Kier molecular flexibility index (Phi) is 4.09. The molecule has 1 aromatic carbocycles. The SMILES string of the molecule is COc1cc(CC(C)O)ccc1OC1CN(C)C1. The first-order valence-electron chi connectivity index (χ1n) is 6.28. The molecule has 1 unspecified atom stereocenters. The van der Waals surface area contributed by atoms with Crippen LogP contribution in [0.3, 0.4) is 0 Å². The maximum absolute atomic E-state index is 9.38. The van der Waals surface area contributed by atoms with Crippen molar-refractivity contribution in [2.45, 2.75) is 25.6 Å². The summed E-state index contributed by atoms with van der Waals surface area (Å²) in [6.45, 7) is 3.69. The van der Waals surface area contributed by atoms with E-state index >= 15 is 0 Å². The average molecular weight is 251 g/mol. The predicted molar refractivity (Wildman–Crippen MR) is 70.3 cm³/mol. The van der Waals surface area contributed by atoms with Gasteiger partial charge in [0.2, 0.25) is 0 Å². The number of aliphatic hydroxyl groups excluding tert-OH is 1. The summed E-state index contributed by atoms with van der Waals surface area (Å²) in [4.78, 5) is 2.21. The Hall–Kier alpha value is -1.26. The molecule has 0 amide bonds. The minimum Gasteiger partial charge on any atom is -0.493 e. The van der Waals surface area contributed by atoms with Gasteiger partial charge in [-0.1, -0.05) is 6.07 Å². The molecular weight excluding hydrogens is 230 g/mol. The van der Waals surface area contributed by atoms with Crippen molar-refractivity contribution in [2.24, 2.45) is 0 Å². The fourth-order valence-electron chi connectivity index (χ4n) is 2.17. The fourth-order valence-corrected chi connectivity index (χ4v) is 2.17. The summed E-state index contributed by atoms with van der Waals surface area (Å²) in [6.07, 6.45) is 0.538. The standard InChI is InChI=1S/C14H21NO3/c1-10(16)6-11-4-5-13(14(7-11)17-3)18-12-8-15(2)9-12/h4-5,7,10,12,16H,6,8-9H2,1-3H3. The van der Waals surface area contributed by atoms with Gasteiger partial charge in [0.1, 0.15) is 6.10 Å². The average Bonchev–Trinajstić information content (AvgIpc) is 2.28. The molecule has 4 heteroatoms. The van der Waals surface area contributed by atoms with Crippen molar-refractivity contribution >= 4 is 0 Å². The first-order chi connectivity index (χ1) is 8.58. The molecule has 0 bridgehead atoms. The number of hydrogen-bond donors (Lipinski definition) is 1. The van der Waals surface area contributed by atoms with Gasteiger partial charge in [-0.15, -0.1) is 0 Å². The Balaban J connectivity index is 2.05. The van der Waals surface area contributed by atoms with Crippen LogP contribution in [0.1, 0.15) is 12.5 Å². The minimum atomic E-state index is -0.346. The van der Waals surface area contributed by atoms with Crippen LogP contribution in [0, 0.1) is 0 Å². The zero-order valence-electron chi connectivity index (χ0n) is 11.2. The van der Waals surface area contributed by atoms with Crippen LogP contribution < -0.4 is 9.47 Å². The molecule has 0 saturated carbocycles. The highest BCUT2D eigenvalue weighted by molar-refractivity contribution is 5.43. The van der Waals surface area contributed by atoms with Crippen molar-refractivity contribution in [2.75, 3.05) is 27.2 Å². The van der Waals surface area contributed by atoms with Gasteiger partial charge in [0, 0.05) is 13.1 Å². The number of benzene rings is 1. The summed E-state index contributed by atoms with van der Waals surface area (Å²) < 4.78 is 11.2. The highest BCUT2D eigenvalue weighted by atomic mass is 16.5. The van der Waals surface area contributed by atoms with Crippen molar-refractivity contribution in [3.8, 4) is 11.5 Å². The molecule has 4 nitrogen and oxygen atoms in total. The Labute approximate surface area is 108 Å². The molecule has 1 fully saturated rings. The maximum Gasteiger partial charge on any atom is 0.161 e. The molecule has 1 atom stereocenters. The number of nitrogens with zero attached hydrogens (tertiary/aromatic N) is 1. The lowest BCUT2D eigenvalue weighted by Crippen LogP contribution is -2.51. The predicted octanol–water partition coefficient (Wildman–Crippen LogP) is 1.31. The van der Waals surface area contributed by atoms with Gasteiger partial charge >= 0.3 is 0 Å². The zero-order valence-corrected chi connectivity index (χ0v) is 11.2. The summed E-state index contributed by atoms with van der Waals surface area (Å²) in [5.41, 5.74) is 1.06. The highest BCUT2D eigenvalue weighted by Crippen LogP contribution is 2.30. The highest BCUT2D eigenvalue weighted by Gasteiger charge is 2.25. The Bertz CT molecular complexity index is 400. The van der Waals surface area contributed by atoms with Crippen molar-refractivity contribution < 1.29 is 14.6 Å². The third-order valence-electron chi connectivity index (χ3n) is 3.08. The first-order valence-corrected chi connectivity index (χ1v) is 6.28. The smallest absolute Gasteiger partial charge is 0.161 e. The molecule has 0 radical (unpaired) electrons. The monoisotopic (exact) mass is 251 g/mol. The molecule has 18 heavy (non-hydrogen) atoms. The molecule has 1 N–H and O–H groups in total. The molecule has 0 aromatic heterocycles. The number of rotatable bonds is 5. The van der Waals surface area contributed by atoms with E-state index in [-0.39, 0.29) is 12.2 Å². The van der Waals surface area contributed by atoms with Gasteiger partial charge in [0.15, 0.2) is 11.5 Å². The zero-order chi connectivity index (χ0) is 13.1. The van der Waals surface area contributed by atoms with E-state index in [2.05, 4.69) is 11.9 Å². The Morgan fingerprint density at radius 2 is 2.11 bits per heavy atom. The molecule has 1 saturated heterocycles. The number of hydrogen-bond acceptors (Lipinski definition) is 4.